The van der Waals surface area contributed by atoms with Crippen molar-refractivity contribution >= 4 is 57.7 Å². The summed E-state index contributed by atoms with van der Waals surface area (Å²) < 4.78 is 11.3. The van der Waals surface area contributed by atoms with E-state index < -0.39 is 41.3 Å². The number of aromatic amines is 1. The zero-order chi connectivity index (χ0) is 33.6. The normalized spacial score (nSPS) is 17.4. The predicted molar refractivity (Wildman–Crippen MR) is 176 cm³/mol. The number of anilines is 1. The molecule has 0 spiro atoms. The summed E-state index contributed by atoms with van der Waals surface area (Å²) in [4.78, 5) is 70.7. The van der Waals surface area contributed by atoms with E-state index in [2.05, 4.69) is 25.4 Å². The van der Waals surface area contributed by atoms with Gasteiger partial charge in [0.25, 0.3) is 11.8 Å². The smallest absolute Gasteiger partial charge is 0.356 e. The maximum atomic E-state index is 14.0. The summed E-state index contributed by atoms with van der Waals surface area (Å²) >= 11 is 2.41. The molecule has 2 aliphatic rings. The van der Waals surface area contributed by atoms with E-state index in [1.165, 1.54) is 23.6 Å². The third kappa shape index (κ3) is 7.08. The molecule has 1 saturated heterocycles. The second kappa shape index (κ2) is 14.5. The van der Waals surface area contributed by atoms with Gasteiger partial charge in [0.05, 0.1) is 0 Å². The summed E-state index contributed by atoms with van der Waals surface area (Å²) in [5, 5.41) is 7.78. The number of rotatable bonds is 12. The number of thiazole rings is 1. The minimum atomic E-state index is -1.02. The second-order valence-corrected chi connectivity index (χ2v) is 12.5. The summed E-state index contributed by atoms with van der Waals surface area (Å²) in [6.45, 7) is 0.995. The van der Waals surface area contributed by atoms with E-state index in [0.717, 1.165) is 22.5 Å². The molecule has 0 unspecified atom stereocenters. The minimum absolute atomic E-state index is 0.0321. The van der Waals surface area contributed by atoms with Crippen molar-refractivity contribution in [3.63, 3.8) is 0 Å². The van der Waals surface area contributed by atoms with Crippen LogP contribution in [0.15, 0.2) is 94.9 Å². The maximum absolute atomic E-state index is 14.0. The molecule has 0 aliphatic carbocycles. The van der Waals surface area contributed by atoms with Crippen molar-refractivity contribution in [2.24, 2.45) is 5.16 Å². The number of H-pyrrole nitrogens is 1. The van der Waals surface area contributed by atoms with Crippen molar-refractivity contribution in [1.82, 2.24) is 25.2 Å². The number of nitrogens with two attached hydrogens (primary N) is 1. The van der Waals surface area contributed by atoms with E-state index >= 15 is 0 Å². The number of oxime groups is 1. The lowest BCUT2D eigenvalue weighted by atomic mass is 10.0. The molecule has 4 N–H and O–H groups in total. The SMILES string of the molecule is CC(=O)OCC1=C(C(=O)OC(c2ccccc2)c2ccccc2)N2C(=O)[C@@H](NC(=O)C(=NOCc3ncc[nH]3)c3csc(N)n3)[C@H]2SC1. The Labute approximate surface area is 282 Å². The lowest BCUT2D eigenvalue weighted by Gasteiger charge is -2.49. The topological polar surface area (TPSA) is 191 Å². The van der Waals surface area contributed by atoms with Gasteiger partial charge in [-0.25, -0.2) is 14.8 Å². The number of aromatic nitrogens is 3. The number of benzene rings is 2. The summed E-state index contributed by atoms with van der Waals surface area (Å²) in [5.74, 6) is -1.89. The van der Waals surface area contributed by atoms with Crippen LogP contribution in [0, 0.1) is 0 Å². The lowest BCUT2D eigenvalue weighted by Crippen LogP contribution is -2.71. The number of ether oxygens (including phenoxy) is 2. The molecule has 4 heterocycles. The number of amides is 2. The average Bonchev–Trinajstić information content (AvgIpc) is 3.79. The molecule has 0 saturated carbocycles. The van der Waals surface area contributed by atoms with Crippen LogP contribution in [0.3, 0.4) is 0 Å². The Hall–Kier alpha value is -5.48. The number of nitrogens with one attached hydrogen (secondary N) is 2. The summed E-state index contributed by atoms with van der Waals surface area (Å²) in [6.07, 6.45) is 2.38. The Bertz CT molecular complexity index is 1820. The first-order valence-corrected chi connectivity index (χ1v) is 16.5. The van der Waals surface area contributed by atoms with E-state index in [4.69, 9.17) is 20.0 Å². The van der Waals surface area contributed by atoms with E-state index in [-0.39, 0.29) is 41.2 Å². The number of fused-ring (bicyclic) bond motifs is 1. The number of carbonyl (C=O) groups excluding carboxylic acids is 4. The van der Waals surface area contributed by atoms with Crippen LogP contribution >= 0.6 is 23.1 Å². The highest BCUT2D eigenvalue weighted by Gasteiger charge is 2.55. The van der Waals surface area contributed by atoms with E-state index in [0.29, 0.717) is 11.4 Å². The van der Waals surface area contributed by atoms with Crippen molar-refractivity contribution in [1.29, 1.82) is 0 Å². The fraction of sp³-hybridized carbons (Fsp3) is 0.219. The molecule has 2 aromatic heterocycles. The molecule has 4 aromatic rings. The first kappa shape index (κ1) is 32.5. The van der Waals surface area contributed by atoms with Crippen LogP contribution in [0.2, 0.25) is 0 Å². The molecule has 0 bridgehead atoms. The van der Waals surface area contributed by atoms with Crippen LogP contribution in [0.5, 0.6) is 0 Å². The number of esters is 2. The van der Waals surface area contributed by atoms with Gasteiger partial charge in [-0.05, 0) is 11.1 Å². The van der Waals surface area contributed by atoms with Gasteiger partial charge < -0.3 is 30.3 Å². The molecule has 48 heavy (non-hydrogen) atoms. The second-order valence-electron chi connectivity index (χ2n) is 10.5. The van der Waals surface area contributed by atoms with Gasteiger partial charge in [-0.2, -0.15) is 0 Å². The molecule has 6 rings (SSSR count). The van der Waals surface area contributed by atoms with E-state index in [1.54, 1.807) is 17.8 Å². The molecule has 246 valence electrons. The lowest BCUT2D eigenvalue weighted by molar-refractivity contribution is -0.154. The van der Waals surface area contributed by atoms with Gasteiger partial charge in [0.1, 0.15) is 35.2 Å². The highest BCUT2D eigenvalue weighted by atomic mass is 32.2. The van der Waals surface area contributed by atoms with Gasteiger partial charge in [-0.3, -0.25) is 19.3 Å². The third-order valence-corrected chi connectivity index (χ3v) is 9.31. The highest BCUT2D eigenvalue weighted by Crippen LogP contribution is 2.41. The summed E-state index contributed by atoms with van der Waals surface area (Å²) in [7, 11) is 0. The minimum Gasteiger partial charge on any atom is -0.461 e. The number of hydrogen-bond donors (Lipinski definition) is 3. The van der Waals surface area contributed by atoms with Crippen LogP contribution in [-0.4, -0.2) is 73.1 Å². The zero-order valence-corrected chi connectivity index (χ0v) is 27.0. The number of carbonyl (C=O) groups is 4. The molecule has 2 atom stereocenters. The number of β-lactam (4-membered cyclic amide) rings is 1. The van der Waals surface area contributed by atoms with Crippen LogP contribution in [0.4, 0.5) is 5.13 Å². The number of nitrogen functional groups attached to an aromatic ring is 1. The third-order valence-electron chi connectivity index (χ3n) is 7.30. The standard InChI is InChI=1S/C32H29N7O7S2/c1-18(40)44-14-21-16-47-30-25(37-28(41)24(22-17-48-32(33)36-22)38-45-15-23-34-12-13-35-23)29(42)39(30)26(21)31(43)46-27(19-8-4-2-5-9-19)20-10-6-3-7-11-20/h2-13,17,25,27,30H,14-16H2,1H3,(H2,33,36)(H,34,35)(H,37,41)/t25-,30-/m1/s1. The van der Waals surface area contributed by atoms with Crippen molar-refractivity contribution in [3.05, 3.63) is 112 Å². The predicted octanol–water partition coefficient (Wildman–Crippen LogP) is 2.92. The molecular formula is C32H29N7O7S2. The van der Waals surface area contributed by atoms with Crippen molar-refractivity contribution in [3.8, 4) is 0 Å². The van der Waals surface area contributed by atoms with Gasteiger partial charge in [-0.1, -0.05) is 65.8 Å². The largest absolute Gasteiger partial charge is 0.461 e. The van der Waals surface area contributed by atoms with Gasteiger partial charge in [0.15, 0.2) is 23.6 Å². The quantitative estimate of drug-likeness (QED) is 0.0859. The molecule has 2 aliphatic heterocycles. The molecule has 1 fully saturated rings. The molecule has 2 aromatic carbocycles. The number of nitrogens with zero attached hydrogens (tertiary/aromatic N) is 4. The zero-order valence-electron chi connectivity index (χ0n) is 25.4. The van der Waals surface area contributed by atoms with Crippen molar-refractivity contribution in [2.45, 2.75) is 31.1 Å². The first-order chi connectivity index (χ1) is 23.3. The molecule has 14 nitrogen and oxygen atoms in total. The summed E-state index contributed by atoms with van der Waals surface area (Å²) in [5.41, 5.74) is 7.59. The Kier molecular flexibility index (Phi) is 9.82. The van der Waals surface area contributed by atoms with Crippen molar-refractivity contribution in [2.75, 3.05) is 18.1 Å². The highest BCUT2D eigenvalue weighted by molar-refractivity contribution is 8.00. The monoisotopic (exact) mass is 687 g/mol. The molecule has 2 amide bonds. The first-order valence-electron chi connectivity index (χ1n) is 14.6. The van der Waals surface area contributed by atoms with E-state index in [1.807, 2.05) is 60.7 Å². The Morgan fingerprint density at radius 3 is 2.42 bits per heavy atom. The van der Waals surface area contributed by atoms with Crippen LogP contribution in [0.25, 0.3) is 0 Å². The van der Waals surface area contributed by atoms with Crippen LogP contribution in [-0.2, 0) is 40.1 Å². The van der Waals surface area contributed by atoms with Gasteiger partial charge in [-0.15, -0.1) is 23.1 Å². The number of thioether (sulfide) groups is 1. The number of hydrogen-bond acceptors (Lipinski definition) is 13. The average molecular weight is 688 g/mol. The van der Waals surface area contributed by atoms with Gasteiger partial charge >= 0.3 is 11.9 Å². The Morgan fingerprint density at radius 2 is 1.81 bits per heavy atom. The maximum Gasteiger partial charge on any atom is 0.356 e. The fourth-order valence-electron chi connectivity index (χ4n) is 5.06. The van der Waals surface area contributed by atoms with Crippen LogP contribution in [0.1, 0.15) is 35.7 Å². The number of imidazole rings is 1. The summed E-state index contributed by atoms with van der Waals surface area (Å²) in [6, 6.07) is 17.4. The van der Waals surface area contributed by atoms with Crippen molar-refractivity contribution < 1.29 is 33.5 Å². The molecule has 0 radical (unpaired) electrons. The van der Waals surface area contributed by atoms with Crippen LogP contribution < -0.4 is 11.1 Å². The van der Waals surface area contributed by atoms with Gasteiger partial charge in [0.2, 0.25) is 0 Å². The Morgan fingerprint density at radius 1 is 1.10 bits per heavy atom. The molecular weight excluding hydrogens is 659 g/mol. The molecule has 16 heteroatoms. The fourth-order valence-corrected chi connectivity index (χ4v) is 6.94. The van der Waals surface area contributed by atoms with E-state index in [9.17, 15) is 19.2 Å². The Balaban J connectivity index is 1.24. The van der Waals surface area contributed by atoms with Gasteiger partial charge in [0, 0.05) is 36.0 Å².